The monoisotopic (exact) mass is 652 g/mol. The zero-order chi connectivity index (χ0) is 34.1. The lowest BCUT2D eigenvalue weighted by atomic mass is 9.68. The van der Waals surface area contributed by atoms with Gasteiger partial charge in [-0.05, 0) is 111 Å². The number of hydrogen-bond acceptors (Lipinski definition) is 3. The molecule has 6 rings (SSSR count). The molecule has 2 aromatic carbocycles. The van der Waals surface area contributed by atoms with Crippen molar-refractivity contribution in [2.75, 3.05) is 7.11 Å². The molecular formula is C45H65NO2. The van der Waals surface area contributed by atoms with Gasteiger partial charge in [-0.25, -0.2) is 0 Å². The number of aromatic nitrogens is 1. The second kappa shape index (κ2) is 17.0. The Balaban J connectivity index is 0.00000166. The molecule has 0 spiro atoms. The van der Waals surface area contributed by atoms with Crippen molar-refractivity contribution in [1.29, 1.82) is 0 Å². The van der Waals surface area contributed by atoms with Crippen molar-refractivity contribution < 1.29 is 12.4 Å². The fourth-order valence-corrected chi connectivity index (χ4v) is 8.64. The Morgan fingerprint density at radius 3 is 2.31 bits per heavy atom. The highest BCUT2D eigenvalue weighted by Crippen LogP contribution is 2.46. The van der Waals surface area contributed by atoms with Gasteiger partial charge in [-0.1, -0.05) is 108 Å². The number of nitrogens with zero attached hydrogens (tertiary/aromatic N) is 1. The van der Waals surface area contributed by atoms with Gasteiger partial charge in [0.25, 0.3) is 0 Å². The van der Waals surface area contributed by atoms with Gasteiger partial charge in [-0.2, -0.15) is 0 Å². The molecule has 0 amide bonds. The van der Waals surface area contributed by atoms with Gasteiger partial charge in [-0.15, -0.1) is 0 Å². The van der Waals surface area contributed by atoms with E-state index < -0.39 is 0 Å². The summed E-state index contributed by atoms with van der Waals surface area (Å²) in [4.78, 5) is 18.9. The van der Waals surface area contributed by atoms with Crippen molar-refractivity contribution in [2.24, 2.45) is 23.2 Å². The minimum atomic E-state index is 0. The standard InChI is InChI=1S/C43H55NO2.C2H6.2H2/c1-30-25-37-21-22-38(44-42(37)39(23-24-43(30,2)3)34-13-9-6-10-14-34)28-36-20-19-35(29-41(36)46-4)40(45)27-33-17-15-32(16-18-33)26-31-11-7-5-8-12-31;1-2;;/h5,7-8,11-12,19-22,29,32-34,39H,1,6,9-10,13-18,23-28H2,2-4H3;1-2H3;2*1H. The number of carbonyl (C=O) groups excluding carboxylic acids is 1. The van der Waals surface area contributed by atoms with Crippen LogP contribution in [0, 0.1) is 23.2 Å². The SMILES string of the molecule is C=C1Cc2ccc(Cc3ccc(C(=O)CC4CCC(Cc5ccccc5)CC4)cc3OC)nc2C(C2CCCCC2)CCC1(C)C.CC.[HH].[HH]. The number of fused-ring (bicyclic) bond motifs is 1. The Labute approximate surface area is 295 Å². The molecule has 48 heavy (non-hydrogen) atoms. The number of hydrogen-bond donors (Lipinski definition) is 0. The molecule has 3 aromatic rings. The smallest absolute Gasteiger partial charge is 0.163 e. The van der Waals surface area contributed by atoms with Crippen LogP contribution in [-0.2, 0) is 19.3 Å². The molecule has 1 aromatic heterocycles. The van der Waals surface area contributed by atoms with E-state index in [1.54, 1.807) is 7.11 Å². The molecule has 0 radical (unpaired) electrons. The van der Waals surface area contributed by atoms with E-state index >= 15 is 0 Å². The number of carbonyl (C=O) groups is 1. The lowest BCUT2D eigenvalue weighted by Gasteiger charge is -2.37. The van der Waals surface area contributed by atoms with Crippen LogP contribution in [0.5, 0.6) is 5.75 Å². The van der Waals surface area contributed by atoms with Crippen LogP contribution < -0.4 is 4.74 Å². The second-order valence-electron chi connectivity index (χ2n) is 15.5. The summed E-state index contributed by atoms with van der Waals surface area (Å²) in [7, 11) is 1.72. The van der Waals surface area contributed by atoms with Crippen molar-refractivity contribution in [3.63, 3.8) is 0 Å². The maximum absolute atomic E-state index is 13.4. The van der Waals surface area contributed by atoms with Gasteiger partial charge in [0.05, 0.1) is 7.11 Å². The van der Waals surface area contributed by atoms with Gasteiger partial charge in [-0.3, -0.25) is 9.78 Å². The summed E-state index contributed by atoms with van der Waals surface area (Å²) in [6, 6.07) is 21.5. The van der Waals surface area contributed by atoms with Crippen LogP contribution in [0.3, 0.4) is 0 Å². The van der Waals surface area contributed by atoms with Gasteiger partial charge in [0.1, 0.15) is 5.75 Å². The Kier molecular flexibility index (Phi) is 12.7. The first-order valence-electron chi connectivity index (χ1n) is 19.2. The van der Waals surface area contributed by atoms with E-state index in [2.05, 4.69) is 69.0 Å². The van der Waals surface area contributed by atoms with Crippen LogP contribution in [0.4, 0.5) is 0 Å². The number of ketones is 1. The Hall–Kier alpha value is -3.20. The minimum Gasteiger partial charge on any atom is -0.496 e. The lowest BCUT2D eigenvalue weighted by Crippen LogP contribution is -2.26. The highest BCUT2D eigenvalue weighted by Gasteiger charge is 2.34. The van der Waals surface area contributed by atoms with Gasteiger partial charge in [0.2, 0.25) is 0 Å². The number of allylic oxidation sites excluding steroid dienone is 1. The quantitative estimate of drug-likeness (QED) is 0.171. The molecule has 0 N–H and O–H groups in total. The molecular weight excluding hydrogens is 587 g/mol. The number of methoxy groups -OCH3 is 1. The highest BCUT2D eigenvalue weighted by atomic mass is 16.5. The first kappa shape index (κ1) is 36.1. The van der Waals surface area contributed by atoms with Crippen molar-refractivity contribution in [1.82, 2.24) is 4.98 Å². The number of Topliss-reactive ketones (excluding diaryl/α,β-unsaturated/α-hetero) is 1. The minimum absolute atomic E-state index is 0. The Bertz CT molecular complexity index is 1500. The molecule has 3 heteroatoms. The topological polar surface area (TPSA) is 39.2 Å². The summed E-state index contributed by atoms with van der Waals surface area (Å²) < 4.78 is 5.88. The lowest BCUT2D eigenvalue weighted by molar-refractivity contribution is 0.0942. The molecule has 2 saturated carbocycles. The third kappa shape index (κ3) is 9.07. The molecule has 2 fully saturated rings. The molecule has 3 nitrogen and oxygen atoms in total. The van der Waals surface area contributed by atoms with E-state index in [1.165, 1.54) is 80.2 Å². The molecule has 1 atom stereocenters. The van der Waals surface area contributed by atoms with E-state index in [1.807, 2.05) is 26.0 Å². The van der Waals surface area contributed by atoms with Crippen molar-refractivity contribution >= 4 is 5.78 Å². The molecule has 3 aliphatic rings. The van der Waals surface area contributed by atoms with E-state index in [0.717, 1.165) is 60.1 Å². The maximum atomic E-state index is 13.4. The number of rotatable bonds is 9. The average Bonchev–Trinajstić information content (AvgIpc) is 3.11. The van der Waals surface area contributed by atoms with Gasteiger partial charge >= 0.3 is 0 Å². The number of pyridine rings is 1. The predicted octanol–water partition coefficient (Wildman–Crippen LogP) is 12.4. The molecule has 0 aliphatic heterocycles. The maximum Gasteiger partial charge on any atom is 0.163 e. The van der Waals surface area contributed by atoms with Gasteiger partial charge < -0.3 is 4.74 Å². The largest absolute Gasteiger partial charge is 0.496 e. The van der Waals surface area contributed by atoms with E-state index in [4.69, 9.17) is 9.72 Å². The summed E-state index contributed by atoms with van der Waals surface area (Å²) in [5.74, 6) is 3.52. The summed E-state index contributed by atoms with van der Waals surface area (Å²) in [5, 5.41) is 0. The summed E-state index contributed by atoms with van der Waals surface area (Å²) in [6.07, 6.45) is 17.3. The Morgan fingerprint density at radius 2 is 1.60 bits per heavy atom. The van der Waals surface area contributed by atoms with Crippen LogP contribution in [0.2, 0.25) is 0 Å². The van der Waals surface area contributed by atoms with Crippen LogP contribution >= 0.6 is 0 Å². The van der Waals surface area contributed by atoms with Crippen LogP contribution in [0.1, 0.15) is 152 Å². The van der Waals surface area contributed by atoms with Crippen molar-refractivity contribution in [3.8, 4) is 5.75 Å². The fraction of sp³-hybridized carbons (Fsp3) is 0.556. The second-order valence-corrected chi connectivity index (χ2v) is 15.5. The highest BCUT2D eigenvalue weighted by molar-refractivity contribution is 5.96. The fourth-order valence-electron chi connectivity index (χ4n) is 8.64. The average molecular weight is 652 g/mol. The zero-order valence-corrected chi connectivity index (χ0v) is 30.7. The third-order valence-corrected chi connectivity index (χ3v) is 11.9. The summed E-state index contributed by atoms with van der Waals surface area (Å²) >= 11 is 0. The first-order valence-corrected chi connectivity index (χ1v) is 19.2. The van der Waals surface area contributed by atoms with Crippen molar-refractivity contribution in [3.05, 3.63) is 106 Å². The third-order valence-electron chi connectivity index (χ3n) is 11.9. The molecule has 0 bridgehead atoms. The molecule has 3 aliphatic carbocycles. The van der Waals surface area contributed by atoms with Crippen LogP contribution in [0.15, 0.2) is 72.8 Å². The van der Waals surface area contributed by atoms with Gasteiger partial charge in [0.15, 0.2) is 5.78 Å². The van der Waals surface area contributed by atoms with E-state index in [-0.39, 0.29) is 14.1 Å². The molecule has 1 heterocycles. The first-order chi connectivity index (χ1) is 23.3. The predicted molar refractivity (Wildman–Crippen MR) is 205 cm³/mol. The number of ether oxygens (including phenoxy) is 1. The van der Waals surface area contributed by atoms with Crippen molar-refractivity contribution in [2.45, 2.75) is 130 Å². The molecule has 0 saturated heterocycles. The Morgan fingerprint density at radius 1 is 0.896 bits per heavy atom. The zero-order valence-electron chi connectivity index (χ0n) is 30.7. The molecule has 1 unspecified atom stereocenters. The summed E-state index contributed by atoms with van der Waals surface area (Å²) in [6.45, 7) is 13.3. The van der Waals surface area contributed by atoms with E-state index in [9.17, 15) is 4.79 Å². The van der Waals surface area contributed by atoms with Crippen LogP contribution in [-0.4, -0.2) is 17.9 Å². The normalized spacial score (nSPS) is 22.8. The number of benzene rings is 2. The molecule has 262 valence electrons. The van der Waals surface area contributed by atoms with Gasteiger partial charge in [0, 0.05) is 44.1 Å². The van der Waals surface area contributed by atoms with Crippen LogP contribution in [0.25, 0.3) is 0 Å². The summed E-state index contributed by atoms with van der Waals surface area (Å²) in [5.41, 5.74) is 8.59. The van der Waals surface area contributed by atoms with E-state index in [0.29, 0.717) is 24.7 Å².